The smallest absolute Gasteiger partial charge is 0.236 e. The number of likely N-dealkylation sites (N-methyl/N-ethyl adjacent to an activating group) is 1. The van der Waals surface area contributed by atoms with Gasteiger partial charge in [0.1, 0.15) is 0 Å². The van der Waals surface area contributed by atoms with E-state index in [0.29, 0.717) is 24.4 Å². The lowest BCUT2D eigenvalue weighted by molar-refractivity contribution is -0.130. The summed E-state index contributed by atoms with van der Waals surface area (Å²) in [5, 5.41) is 3.21. The molecule has 1 aliphatic rings. The Morgan fingerprint density at radius 1 is 1.29 bits per heavy atom. The second kappa shape index (κ2) is 6.58. The van der Waals surface area contributed by atoms with Crippen LogP contribution in [0.4, 0.5) is 0 Å². The topological polar surface area (TPSA) is 66.5 Å². The van der Waals surface area contributed by atoms with Gasteiger partial charge in [0, 0.05) is 19.1 Å². The third-order valence-electron chi connectivity index (χ3n) is 3.92. The zero-order chi connectivity index (χ0) is 15.5. The van der Waals surface area contributed by atoms with E-state index >= 15 is 0 Å². The largest absolute Gasteiger partial charge is 0.342 e. The first-order valence-corrected chi connectivity index (χ1v) is 8.97. The van der Waals surface area contributed by atoms with Gasteiger partial charge < -0.3 is 10.2 Å². The van der Waals surface area contributed by atoms with Crippen molar-refractivity contribution in [3.05, 3.63) is 29.8 Å². The van der Waals surface area contributed by atoms with Gasteiger partial charge in [-0.25, -0.2) is 8.42 Å². The van der Waals surface area contributed by atoms with Crippen molar-refractivity contribution in [3.8, 4) is 0 Å². The number of nitrogens with one attached hydrogen (secondary N) is 1. The van der Waals surface area contributed by atoms with Crippen LogP contribution < -0.4 is 5.32 Å². The van der Waals surface area contributed by atoms with Gasteiger partial charge in [-0.2, -0.15) is 0 Å². The molecule has 0 spiro atoms. The van der Waals surface area contributed by atoms with Crippen molar-refractivity contribution < 1.29 is 13.2 Å². The van der Waals surface area contributed by atoms with Crippen LogP contribution in [-0.2, 0) is 14.6 Å². The summed E-state index contributed by atoms with van der Waals surface area (Å²) in [6, 6.07) is 6.96. The maximum Gasteiger partial charge on any atom is 0.236 e. The molecule has 0 saturated carbocycles. The van der Waals surface area contributed by atoms with Crippen LogP contribution in [0.2, 0.25) is 0 Å². The van der Waals surface area contributed by atoms with Crippen molar-refractivity contribution in [1.82, 2.24) is 10.2 Å². The SMILES string of the molecule is CCN(CC)C(=O)CNC1CCS(=O)(=O)c2ccccc21. The van der Waals surface area contributed by atoms with Crippen molar-refractivity contribution in [1.29, 1.82) is 0 Å². The summed E-state index contributed by atoms with van der Waals surface area (Å²) in [6.45, 7) is 5.51. The van der Waals surface area contributed by atoms with Gasteiger partial charge in [-0.1, -0.05) is 18.2 Å². The number of benzene rings is 1. The molecule has 1 amide bonds. The van der Waals surface area contributed by atoms with E-state index in [1.54, 1.807) is 17.0 Å². The van der Waals surface area contributed by atoms with Crippen molar-refractivity contribution in [2.75, 3.05) is 25.4 Å². The van der Waals surface area contributed by atoms with E-state index in [0.717, 1.165) is 5.56 Å². The highest BCUT2D eigenvalue weighted by molar-refractivity contribution is 7.91. The molecular weight excluding hydrogens is 288 g/mol. The Bertz CT molecular complexity index is 609. The summed E-state index contributed by atoms with van der Waals surface area (Å²) in [5.74, 6) is 0.173. The highest BCUT2D eigenvalue weighted by Gasteiger charge is 2.30. The van der Waals surface area contributed by atoms with Crippen LogP contribution in [0.5, 0.6) is 0 Å². The van der Waals surface area contributed by atoms with Gasteiger partial charge >= 0.3 is 0 Å². The van der Waals surface area contributed by atoms with Gasteiger partial charge in [-0.15, -0.1) is 0 Å². The number of sulfone groups is 1. The maximum absolute atomic E-state index is 12.1. The van der Waals surface area contributed by atoms with Crippen LogP contribution >= 0.6 is 0 Å². The van der Waals surface area contributed by atoms with Crippen LogP contribution in [0.3, 0.4) is 0 Å². The predicted molar refractivity (Wildman–Crippen MR) is 81.8 cm³/mol. The van der Waals surface area contributed by atoms with Crippen LogP contribution in [0.1, 0.15) is 31.9 Å². The zero-order valence-electron chi connectivity index (χ0n) is 12.5. The lowest BCUT2D eigenvalue weighted by Gasteiger charge is -2.27. The molecule has 0 aliphatic carbocycles. The Kier molecular flexibility index (Phi) is 5.00. The van der Waals surface area contributed by atoms with Crippen molar-refractivity contribution in [2.24, 2.45) is 0 Å². The molecule has 116 valence electrons. The van der Waals surface area contributed by atoms with E-state index in [2.05, 4.69) is 5.32 Å². The summed E-state index contributed by atoms with van der Waals surface area (Å²) < 4.78 is 24.1. The van der Waals surface area contributed by atoms with Gasteiger partial charge in [0.05, 0.1) is 17.2 Å². The fourth-order valence-corrected chi connectivity index (χ4v) is 4.32. The molecule has 1 atom stereocenters. The summed E-state index contributed by atoms with van der Waals surface area (Å²) in [7, 11) is -3.17. The van der Waals surface area contributed by atoms with Crippen molar-refractivity contribution in [3.63, 3.8) is 0 Å². The first-order chi connectivity index (χ1) is 9.99. The van der Waals surface area contributed by atoms with Gasteiger partial charge in [0.25, 0.3) is 0 Å². The lowest BCUT2D eigenvalue weighted by atomic mass is 10.0. The quantitative estimate of drug-likeness (QED) is 0.892. The number of nitrogens with zero attached hydrogens (tertiary/aromatic N) is 1. The Hall–Kier alpha value is -1.40. The summed E-state index contributed by atoms with van der Waals surface area (Å²) in [5.41, 5.74) is 0.774. The Morgan fingerprint density at radius 3 is 2.62 bits per heavy atom. The van der Waals surface area contributed by atoms with Crippen LogP contribution in [0.25, 0.3) is 0 Å². The zero-order valence-corrected chi connectivity index (χ0v) is 13.3. The highest BCUT2D eigenvalue weighted by atomic mass is 32.2. The van der Waals surface area contributed by atoms with Gasteiger partial charge in [-0.05, 0) is 31.9 Å². The molecule has 1 heterocycles. The second-order valence-corrected chi connectivity index (χ2v) is 7.22. The Morgan fingerprint density at radius 2 is 1.95 bits per heavy atom. The van der Waals surface area contributed by atoms with Crippen LogP contribution in [0, 0.1) is 0 Å². The number of carbonyl (C=O) groups excluding carboxylic acids is 1. The van der Waals surface area contributed by atoms with Crippen molar-refractivity contribution in [2.45, 2.75) is 31.2 Å². The molecule has 5 nitrogen and oxygen atoms in total. The van der Waals surface area contributed by atoms with Gasteiger partial charge in [-0.3, -0.25) is 4.79 Å². The molecule has 0 fully saturated rings. The van der Waals surface area contributed by atoms with E-state index in [1.165, 1.54) is 0 Å². The molecular formula is C15H22N2O3S. The molecule has 21 heavy (non-hydrogen) atoms. The second-order valence-electron chi connectivity index (χ2n) is 5.14. The molecule has 1 N–H and O–H groups in total. The monoisotopic (exact) mass is 310 g/mol. The van der Waals surface area contributed by atoms with E-state index in [-0.39, 0.29) is 24.2 Å². The van der Waals surface area contributed by atoms with E-state index in [4.69, 9.17) is 0 Å². The van der Waals surface area contributed by atoms with E-state index < -0.39 is 9.84 Å². The van der Waals surface area contributed by atoms with Crippen LogP contribution in [0.15, 0.2) is 29.2 Å². The molecule has 0 bridgehead atoms. The number of hydrogen-bond acceptors (Lipinski definition) is 4. The van der Waals surface area contributed by atoms with Gasteiger partial charge in [0.15, 0.2) is 9.84 Å². The molecule has 1 aromatic carbocycles. The molecule has 0 aromatic heterocycles. The lowest BCUT2D eigenvalue weighted by Crippen LogP contribution is -2.40. The third kappa shape index (κ3) is 3.44. The summed E-state index contributed by atoms with van der Waals surface area (Å²) in [4.78, 5) is 14.2. The molecule has 1 unspecified atom stereocenters. The number of carbonyl (C=O) groups is 1. The first kappa shape index (κ1) is 16.0. The molecule has 0 saturated heterocycles. The highest BCUT2D eigenvalue weighted by Crippen LogP contribution is 2.31. The predicted octanol–water partition coefficient (Wildman–Crippen LogP) is 1.36. The Labute approximate surface area is 126 Å². The summed E-state index contributed by atoms with van der Waals surface area (Å²) >= 11 is 0. The average Bonchev–Trinajstić information content (AvgIpc) is 2.48. The first-order valence-electron chi connectivity index (χ1n) is 7.32. The standard InChI is InChI=1S/C15H22N2O3S/c1-3-17(4-2)15(18)11-16-13-9-10-21(19,20)14-8-6-5-7-12(13)14/h5-8,13,16H,3-4,9-11H2,1-2H3. The minimum absolute atomic E-state index is 0.0471. The normalized spacial score (nSPS) is 19.8. The van der Waals surface area contributed by atoms with Crippen molar-refractivity contribution >= 4 is 15.7 Å². The fourth-order valence-electron chi connectivity index (χ4n) is 2.70. The molecule has 0 radical (unpaired) electrons. The number of rotatable bonds is 5. The number of hydrogen-bond donors (Lipinski definition) is 1. The fraction of sp³-hybridized carbons (Fsp3) is 0.533. The number of amides is 1. The maximum atomic E-state index is 12.1. The average molecular weight is 310 g/mol. The van der Waals surface area contributed by atoms with E-state index in [1.807, 2.05) is 26.0 Å². The minimum Gasteiger partial charge on any atom is -0.342 e. The summed E-state index contributed by atoms with van der Waals surface area (Å²) in [6.07, 6.45) is 0.505. The molecule has 2 rings (SSSR count). The Balaban J connectivity index is 2.11. The molecule has 1 aromatic rings. The van der Waals surface area contributed by atoms with E-state index in [9.17, 15) is 13.2 Å². The van der Waals surface area contributed by atoms with Gasteiger partial charge in [0.2, 0.25) is 5.91 Å². The molecule has 6 heteroatoms. The third-order valence-corrected chi connectivity index (χ3v) is 5.74. The number of fused-ring (bicyclic) bond motifs is 1. The van der Waals surface area contributed by atoms with Crippen LogP contribution in [-0.4, -0.2) is 44.6 Å². The minimum atomic E-state index is -3.17. The molecule has 1 aliphatic heterocycles.